The van der Waals surface area contributed by atoms with Crippen LogP contribution in [-0.2, 0) is 30.6 Å². The molecule has 16 heteroatoms. The van der Waals surface area contributed by atoms with Gasteiger partial charge in [-0.3, -0.25) is 14.4 Å². The summed E-state index contributed by atoms with van der Waals surface area (Å²) in [6.45, 7) is 2.34. The molecule has 2 amide bonds. The number of alkyl halides is 3. The van der Waals surface area contributed by atoms with Gasteiger partial charge in [-0.2, -0.15) is 13.2 Å². The number of rotatable bonds is 13. The van der Waals surface area contributed by atoms with Gasteiger partial charge in [0, 0.05) is 36.6 Å². The van der Waals surface area contributed by atoms with Crippen LogP contribution in [0, 0.1) is 23.6 Å². The molecule has 2 aliphatic rings. The van der Waals surface area contributed by atoms with E-state index in [0.29, 0.717) is 31.4 Å². The lowest BCUT2D eigenvalue weighted by Crippen LogP contribution is -2.48. The summed E-state index contributed by atoms with van der Waals surface area (Å²) in [5.74, 6) is -3.42. The Hall–Kier alpha value is -4.60. The van der Waals surface area contributed by atoms with Crippen LogP contribution in [0.5, 0.6) is 5.75 Å². The minimum atomic E-state index is -5.64. The van der Waals surface area contributed by atoms with Crippen LogP contribution in [0.4, 0.5) is 23.2 Å². The molecule has 0 radical (unpaired) electrons. The summed E-state index contributed by atoms with van der Waals surface area (Å²) in [6, 6.07) is 5.50. The van der Waals surface area contributed by atoms with Gasteiger partial charge in [-0.25, -0.2) is 22.8 Å². The zero-order valence-electron chi connectivity index (χ0n) is 27.3. The predicted octanol–water partition coefficient (Wildman–Crippen LogP) is 5.64. The maximum absolute atomic E-state index is 15.2. The third-order valence-electron chi connectivity index (χ3n) is 9.09. The number of anilines is 1. The number of hydrogen-bond acceptors (Lipinski definition) is 9. The monoisotopic (exact) mass is 720 g/mol. The van der Waals surface area contributed by atoms with Gasteiger partial charge in [0.1, 0.15) is 11.6 Å². The number of aryl methyl sites for hydroxylation is 1. The molecule has 268 valence electrons. The number of carbonyl (C=O) groups excluding carboxylic acids is 3. The number of amides is 2. The van der Waals surface area contributed by atoms with Crippen LogP contribution in [0.2, 0.25) is 0 Å². The molecule has 0 saturated heterocycles. The minimum Gasteiger partial charge on any atom is -0.496 e. The molecule has 2 N–H and O–H groups in total. The highest BCUT2D eigenvalue weighted by molar-refractivity contribution is 7.92. The zero-order valence-corrected chi connectivity index (χ0v) is 28.1. The van der Waals surface area contributed by atoms with E-state index in [-0.39, 0.29) is 52.6 Å². The van der Waals surface area contributed by atoms with Crippen molar-refractivity contribution < 1.29 is 49.8 Å². The van der Waals surface area contributed by atoms with Gasteiger partial charge in [-0.15, -0.1) is 0 Å². The Kier molecular flexibility index (Phi) is 11.1. The number of ether oxygens (including phenoxy) is 2. The molecule has 3 aromatic rings. The first kappa shape index (κ1) is 36.7. The molecule has 1 aromatic heterocycles. The highest BCUT2D eigenvalue weighted by atomic mass is 32.2. The molecule has 50 heavy (non-hydrogen) atoms. The number of nitrogens with one attached hydrogen (secondary N) is 2. The van der Waals surface area contributed by atoms with Crippen LogP contribution in [0.15, 0.2) is 53.7 Å². The lowest BCUT2D eigenvalue weighted by molar-refractivity contribution is -0.143. The predicted molar refractivity (Wildman–Crippen MR) is 172 cm³/mol. The van der Waals surface area contributed by atoms with E-state index in [0.717, 1.165) is 43.5 Å². The van der Waals surface area contributed by atoms with E-state index in [1.807, 2.05) is 6.92 Å². The number of sulfone groups is 1. The number of nitrogens with zero attached hydrogens (tertiary/aromatic N) is 2. The molecule has 2 aliphatic carbocycles. The van der Waals surface area contributed by atoms with E-state index in [1.165, 1.54) is 31.6 Å². The number of esters is 1. The summed E-state index contributed by atoms with van der Waals surface area (Å²) in [6.07, 6.45) is 7.07. The topological polar surface area (TPSA) is 154 Å². The van der Waals surface area contributed by atoms with Crippen molar-refractivity contribution in [3.8, 4) is 17.1 Å². The Morgan fingerprint density at radius 3 is 2.44 bits per heavy atom. The first-order chi connectivity index (χ1) is 23.7. The van der Waals surface area contributed by atoms with Gasteiger partial charge in [-0.1, -0.05) is 19.4 Å². The van der Waals surface area contributed by atoms with E-state index in [2.05, 4.69) is 20.6 Å². The fourth-order valence-corrected chi connectivity index (χ4v) is 7.36. The molecular formula is C34H36F4N4O7S. The first-order valence-corrected chi connectivity index (χ1v) is 17.6. The smallest absolute Gasteiger partial charge is 0.496 e. The van der Waals surface area contributed by atoms with Gasteiger partial charge in [-0.05, 0) is 73.8 Å². The fraction of sp³-hybridized carbons (Fsp3) is 0.441. The molecule has 11 nitrogen and oxygen atoms in total. The van der Waals surface area contributed by atoms with E-state index in [9.17, 15) is 36.0 Å². The molecule has 0 aliphatic heterocycles. The van der Waals surface area contributed by atoms with Gasteiger partial charge in [0.25, 0.3) is 15.7 Å². The summed E-state index contributed by atoms with van der Waals surface area (Å²) in [5, 5.41) is 5.42. The number of benzene rings is 2. The molecule has 0 spiro atoms. The molecule has 5 rings (SSSR count). The van der Waals surface area contributed by atoms with E-state index < -0.39 is 49.8 Å². The molecule has 4 atom stereocenters. The van der Waals surface area contributed by atoms with Crippen molar-refractivity contribution in [2.45, 2.75) is 68.3 Å². The number of methoxy groups -OCH3 is 1. The van der Waals surface area contributed by atoms with Crippen LogP contribution in [-0.4, -0.2) is 61.4 Å². The lowest BCUT2D eigenvalue weighted by atomic mass is 9.83. The van der Waals surface area contributed by atoms with Crippen LogP contribution < -0.4 is 15.4 Å². The largest absolute Gasteiger partial charge is 0.501 e. The van der Waals surface area contributed by atoms with Crippen molar-refractivity contribution in [2.24, 2.45) is 17.8 Å². The summed E-state index contributed by atoms with van der Waals surface area (Å²) in [4.78, 5) is 46.6. The summed E-state index contributed by atoms with van der Waals surface area (Å²) < 4.78 is 88.8. The Bertz CT molecular complexity index is 1850. The maximum atomic E-state index is 15.2. The Labute approximate surface area is 286 Å². The number of fused-ring (bicyclic) bond motifs is 2. The lowest BCUT2D eigenvalue weighted by Gasteiger charge is -2.31. The molecule has 2 saturated carbocycles. The SMILES string of the molecule is CCCCOC(=O)CCc1cnc(-c2cc(C(=O)N[C@@H]3[C@H]4CC[C@H](C4)[C@@H]3C(=O)Nc3cccc(S(=O)(=O)C(F)(F)F)c3)c(OC)cc2F)nc1. The molecular weight excluding hydrogens is 684 g/mol. The minimum absolute atomic E-state index is 0.0135. The van der Waals surface area contributed by atoms with Crippen molar-refractivity contribution in [1.82, 2.24) is 15.3 Å². The van der Waals surface area contributed by atoms with Gasteiger partial charge in [0.2, 0.25) is 5.91 Å². The average molecular weight is 721 g/mol. The molecule has 2 bridgehead atoms. The van der Waals surface area contributed by atoms with Gasteiger partial charge >= 0.3 is 11.5 Å². The summed E-state index contributed by atoms with van der Waals surface area (Å²) in [7, 11) is -4.37. The number of aromatic nitrogens is 2. The second kappa shape index (κ2) is 15.1. The van der Waals surface area contributed by atoms with Gasteiger partial charge < -0.3 is 20.1 Å². The van der Waals surface area contributed by atoms with E-state index >= 15 is 4.39 Å². The van der Waals surface area contributed by atoms with E-state index in [4.69, 9.17) is 9.47 Å². The van der Waals surface area contributed by atoms with Crippen molar-refractivity contribution in [2.75, 3.05) is 19.0 Å². The van der Waals surface area contributed by atoms with Crippen molar-refractivity contribution >= 4 is 33.3 Å². The number of halogens is 4. The first-order valence-electron chi connectivity index (χ1n) is 16.1. The maximum Gasteiger partial charge on any atom is 0.501 e. The zero-order chi connectivity index (χ0) is 36.2. The Morgan fingerprint density at radius 1 is 1.04 bits per heavy atom. The molecule has 0 unspecified atom stereocenters. The second-order valence-corrected chi connectivity index (χ2v) is 14.3. The Morgan fingerprint density at radius 2 is 1.76 bits per heavy atom. The standard InChI is InChI=1S/C34H36F4N4O7S/c1-3-4-12-49-28(43)11-8-19-17-39-31(40-18-19)24-15-25(27(48-2)16-26(24)35)32(44)42-30-21-10-9-20(13-21)29(30)33(45)41-22-6-5-7-23(14-22)50(46,47)34(36,37)38/h5-7,14-18,20-21,29-30H,3-4,8-13H2,1-2H3,(H,41,45)(H,42,44)/t20-,21+,29+,30-/m1/s1. The van der Waals surface area contributed by atoms with Gasteiger partial charge in [0.15, 0.2) is 5.82 Å². The van der Waals surface area contributed by atoms with Crippen LogP contribution in [0.3, 0.4) is 0 Å². The second-order valence-electron chi connectivity index (χ2n) is 12.3. The van der Waals surface area contributed by atoms with Crippen molar-refractivity contribution in [3.63, 3.8) is 0 Å². The third-order valence-corrected chi connectivity index (χ3v) is 10.6. The van der Waals surface area contributed by atoms with E-state index in [1.54, 1.807) is 0 Å². The van der Waals surface area contributed by atoms with Crippen LogP contribution >= 0.6 is 0 Å². The average Bonchev–Trinajstić information content (AvgIpc) is 3.69. The van der Waals surface area contributed by atoms with Gasteiger partial charge in [0.05, 0.1) is 35.7 Å². The van der Waals surface area contributed by atoms with Crippen LogP contribution in [0.1, 0.15) is 61.4 Å². The molecule has 2 fully saturated rings. The van der Waals surface area contributed by atoms with Crippen LogP contribution in [0.25, 0.3) is 11.4 Å². The summed E-state index contributed by atoms with van der Waals surface area (Å²) in [5.41, 5.74) is -5.16. The van der Waals surface area contributed by atoms with Crippen molar-refractivity contribution in [3.05, 3.63) is 65.7 Å². The third kappa shape index (κ3) is 7.90. The molecule has 2 aromatic carbocycles. The normalized spacial score (nSPS) is 20.0. The highest BCUT2D eigenvalue weighted by Gasteiger charge is 2.52. The molecule has 1 heterocycles. The fourth-order valence-electron chi connectivity index (χ4n) is 6.55. The van der Waals surface area contributed by atoms with Crippen molar-refractivity contribution in [1.29, 1.82) is 0 Å². The number of carbonyl (C=O) groups is 3. The Balaban J connectivity index is 1.31. The number of unbranched alkanes of at least 4 members (excludes halogenated alkanes) is 1. The quantitative estimate of drug-likeness (QED) is 0.130. The number of hydrogen-bond donors (Lipinski definition) is 2. The highest BCUT2D eigenvalue weighted by Crippen LogP contribution is 2.49. The summed E-state index contributed by atoms with van der Waals surface area (Å²) >= 11 is 0.